The quantitative estimate of drug-likeness (QED) is 0.489. The van der Waals surface area contributed by atoms with Gasteiger partial charge >= 0.3 is 6.18 Å². The van der Waals surface area contributed by atoms with Gasteiger partial charge in [-0.05, 0) is 67.4 Å². The van der Waals surface area contributed by atoms with Crippen LogP contribution in [0, 0.1) is 19.7 Å². The van der Waals surface area contributed by atoms with Gasteiger partial charge in [-0.2, -0.15) is 13.2 Å². The van der Waals surface area contributed by atoms with Gasteiger partial charge in [0.25, 0.3) is 10.0 Å². The molecule has 0 radical (unpaired) electrons. The molecule has 0 bridgehead atoms. The van der Waals surface area contributed by atoms with Crippen molar-refractivity contribution in [1.82, 2.24) is 4.98 Å². The monoisotopic (exact) mass is 458 g/mol. The van der Waals surface area contributed by atoms with Crippen molar-refractivity contribution in [3.8, 4) is 11.1 Å². The van der Waals surface area contributed by atoms with Crippen molar-refractivity contribution in [2.24, 2.45) is 0 Å². The van der Waals surface area contributed by atoms with Crippen LogP contribution in [0.15, 0.2) is 53.4 Å². The summed E-state index contributed by atoms with van der Waals surface area (Å²) in [4.78, 5) is 3.46. The van der Waals surface area contributed by atoms with Crippen LogP contribution in [0.1, 0.15) is 16.8 Å². The zero-order chi connectivity index (χ0) is 22.3. The number of sulfonamides is 1. The number of benzene rings is 2. The fraction of sp³-hybridized carbons (Fsp3) is 0.150. The van der Waals surface area contributed by atoms with Gasteiger partial charge in [0, 0.05) is 11.3 Å². The van der Waals surface area contributed by atoms with Crippen LogP contribution in [-0.2, 0) is 16.2 Å². The number of rotatable bonds is 4. The van der Waals surface area contributed by atoms with E-state index in [-0.39, 0.29) is 16.7 Å². The molecular weight excluding hydrogens is 444 g/mol. The third kappa shape index (κ3) is 4.57. The Morgan fingerprint density at radius 1 is 0.967 bits per heavy atom. The van der Waals surface area contributed by atoms with E-state index in [1.54, 1.807) is 26.0 Å². The summed E-state index contributed by atoms with van der Waals surface area (Å²) in [6.07, 6.45) is -4.72. The van der Waals surface area contributed by atoms with E-state index in [0.717, 1.165) is 11.6 Å². The molecule has 1 N–H and O–H groups in total. The Bertz CT molecular complexity index is 1230. The average Bonchev–Trinajstić information content (AvgIpc) is 2.61. The molecule has 0 aliphatic rings. The molecule has 30 heavy (non-hydrogen) atoms. The van der Waals surface area contributed by atoms with Crippen LogP contribution in [0.4, 0.5) is 23.4 Å². The molecule has 0 aliphatic carbocycles. The fourth-order valence-electron chi connectivity index (χ4n) is 2.91. The normalized spacial score (nSPS) is 12.1. The minimum atomic E-state index is -4.72. The lowest BCUT2D eigenvalue weighted by atomic mass is 9.99. The number of nitrogens with zero attached hydrogens (tertiary/aromatic N) is 1. The first kappa shape index (κ1) is 22.0. The van der Waals surface area contributed by atoms with Gasteiger partial charge in [-0.3, -0.25) is 4.72 Å². The summed E-state index contributed by atoms with van der Waals surface area (Å²) in [5.41, 5.74) is 1.35. The largest absolute Gasteiger partial charge is 0.416 e. The summed E-state index contributed by atoms with van der Waals surface area (Å²) in [6.45, 7) is 3.36. The van der Waals surface area contributed by atoms with Crippen LogP contribution < -0.4 is 4.72 Å². The van der Waals surface area contributed by atoms with Gasteiger partial charge < -0.3 is 0 Å². The molecule has 4 nitrogen and oxygen atoms in total. The van der Waals surface area contributed by atoms with Crippen LogP contribution >= 0.6 is 11.6 Å². The molecule has 158 valence electrons. The summed E-state index contributed by atoms with van der Waals surface area (Å²) < 4.78 is 79.5. The Kier molecular flexibility index (Phi) is 5.79. The topological polar surface area (TPSA) is 59.1 Å². The van der Waals surface area contributed by atoms with E-state index in [9.17, 15) is 26.0 Å². The minimum absolute atomic E-state index is 0.0931. The maximum Gasteiger partial charge on any atom is 0.416 e. The number of pyridine rings is 1. The van der Waals surface area contributed by atoms with Crippen LogP contribution in [0.3, 0.4) is 0 Å². The first-order chi connectivity index (χ1) is 13.9. The Morgan fingerprint density at radius 3 is 2.23 bits per heavy atom. The van der Waals surface area contributed by atoms with Gasteiger partial charge in [0.15, 0.2) is 0 Å². The van der Waals surface area contributed by atoms with E-state index in [1.807, 2.05) is 0 Å². The zero-order valence-corrected chi connectivity index (χ0v) is 17.3. The number of aromatic nitrogens is 1. The highest BCUT2D eigenvalue weighted by Crippen LogP contribution is 2.34. The molecular formula is C20H15ClF4N2O2S. The Hall–Kier alpha value is -2.65. The summed E-state index contributed by atoms with van der Waals surface area (Å²) >= 11 is 5.83. The molecule has 0 spiro atoms. The minimum Gasteiger partial charge on any atom is -0.263 e. The van der Waals surface area contributed by atoms with Gasteiger partial charge in [-0.25, -0.2) is 17.8 Å². The van der Waals surface area contributed by atoms with Crippen LogP contribution in [0.5, 0.6) is 0 Å². The smallest absolute Gasteiger partial charge is 0.263 e. The second kappa shape index (κ2) is 7.88. The van der Waals surface area contributed by atoms with E-state index in [4.69, 9.17) is 11.6 Å². The molecule has 0 saturated carbocycles. The van der Waals surface area contributed by atoms with Crippen molar-refractivity contribution in [3.63, 3.8) is 0 Å². The maximum absolute atomic E-state index is 13.3. The lowest BCUT2D eigenvalue weighted by molar-refractivity contribution is -0.137. The predicted molar refractivity (Wildman–Crippen MR) is 106 cm³/mol. The summed E-state index contributed by atoms with van der Waals surface area (Å²) in [6, 6.07) is 9.24. The molecule has 0 amide bonds. The molecule has 0 unspecified atom stereocenters. The molecule has 2 aromatic carbocycles. The van der Waals surface area contributed by atoms with Crippen LogP contribution in [0.25, 0.3) is 11.1 Å². The number of hydrogen-bond donors (Lipinski definition) is 1. The molecule has 3 rings (SSSR count). The molecule has 0 fully saturated rings. The van der Waals surface area contributed by atoms with E-state index in [1.165, 1.54) is 18.2 Å². The van der Waals surface area contributed by atoms with E-state index >= 15 is 0 Å². The second-order valence-electron chi connectivity index (χ2n) is 6.54. The number of hydrogen-bond acceptors (Lipinski definition) is 3. The van der Waals surface area contributed by atoms with Crippen molar-refractivity contribution < 1.29 is 26.0 Å². The molecule has 1 aromatic heterocycles. The number of nitrogens with one attached hydrogen (secondary N) is 1. The van der Waals surface area contributed by atoms with Gasteiger partial charge in [-0.1, -0.05) is 17.7 Å². The van der Waals surface area contributed by atoms with Gasteiger partial charge in [0.2, 0.25) is 0 Å². The zero-order valence-electron chi connectivity index (χ0n) is 15.7. The van der Waals surface area contributed by atoms with Gasteiger partial charge in [0.1, 0.15) is 16.5 Å². The standard InChI is InChI=1S/C20H15ClF4N2O2S/c1-11-9-14(22)4-5-15(11)16-6-8-19(26-12(16)2)27-30(28,29)18-10-13(20(23,24)25)3-7-17(18)21/h3-10H,1-2H3,(H,26,27). The van der Waals surface area contributed by atoms with Crippen molar-refractivity contribution in [2.45, 2.75) is 24.9 Å². The van der Waals surface area contributed by atoms with E-state index < -0.39 is 26.7 Å². The number of halogens is 5. The van der Waals surface area contributed by atoms with Crippen LogP contribution in [-0.4, -0.2) is 13.4 Å². The Morgan fingerprint density at radius 2 is 1.63 bits per heavy atom. The van der Waals surface area contributed by atoms with Gasteiger partial charge in [0.05, 0.1) is 10.6 Å². The summed E-state index contributed by atoms with van der Waals surface area (Å²) in [7, 11) is -4.43. The second-order valence-corrected chi connectivity index (χ2v) is 8.60. The number of alkyl halides is 3. The Balaban J connectivity index is 1.96. The third-order valence-electron chi connectivity index (χ3n) is 4.35. The summed E-state index contributed by atoms with van der Waals surface area (Å²) in [5, 5.41) is -0.356. The lowest BCUT2D eigenvalue weighted by Gasteiger charge is -2.14. The first-order valence-electron chi connectivity index (χ1n) is 8.52. The van der Waals surface area contributed by atoms with Crippen LogP contribution in [0.2, 0.25) is 5.02 Å². The molecule has 1 heterocycles. The van der Waals surface area contributed by atoms with Gasteiger partial charge in [-0.15, -0.1) is 0 Å². The number of anilines is 1. The molecule has 0 aliphatic heterocycles. The van der Waals surface area contributed by atoms with E-state index in [2.05, 4.69) is 9.71 Å². The Labute approximate surface area is 175 Å². The molecule has 3 aromatic rings. The SMILES string of the molecule is Cc1cc(F)ccc1-c1ccc(NS(=O)(=O)c2cc(C(F)(F)F)ccc2Cl)nc1C. The highest BCUT2D eigenvalue weighted by Gasteiger charge is 2.33. The highest BCUT2D eigenvalue weighted by atomic mass is 35.5. The fourth-order valence-corrected chi connectivity index (χ4v) is 4.44. The average molecular weight is 459 g/mol. The molecule has 0 atom stereocenters. The van der Waals surface area contributed by atoms with Crippen molar-refractivity contribution in [1.29, 1.82) is 0 Å². The van der Waals surface area contributed by atoms with E-state index in [0.29, 0.717) is 29.0 Å². The van der Waals surface area contributed by atoms with Crippen molar-refractivity contribution in [2.75, 3.05) is 4.72 Å². The van der Waals surface area contributed by atoms with Crippen molar-refractivity contribution >= 4 is 27.4 Å². The first-order valence-corrected chi connectivity index (χ1v) is 10.4. The summed E-state index contributed by atoms with van der Waals surface area (Å²) in [5.74, 6) is -0.478. The number of aryl methyl sites for hydroxylation is 2. The lowest BCUT2D eigenvalue weighted by Crippen LogP contribution is -2.16. The molecule has 10 heteroatoms. The third-order valence-corrected chi connectivity index (χ3v) is 6.19. The highest BCUT2D eigenvalue weighted by molar-refractivity contribution is 7.92. The molecule has 0 saturated heterocycles. The maximum atomic E-state index is 13.3. The predicted octanol–water partition coefficient (Wildman–Crippen LogP) is 5.98. The van der Waals surface area contributed by atoms with Crippen molar-refractivity contribution in [3.05, 3.63) is 76.2 Å².